The SMILES string of the molecule is CC(C)C1CCC(N2CCC(NCC3CC3)CC2)CC1. The number of hydrogen-bond donors (Lipinski definition) is 1. The Morgan fingerprint density at radius 1 is 0.900 bits per heavy atom. The maximum atomic E-state index is 3.80. The van der Waals surface area contributed by atoms with Gasteiger partial charge in [-0.2, -0.15) is 0 Å². The Hall–Kier alpha value is -0.0800. The van der Waals surface area contributed by atoms with E-state index in [4.69, 9.17) is 0 Å². The van der Waals surface area contributed by atoms with Crippen LogP contribution in [0, 0.1) is 17.8 Å². The Morgan fingerprint density at radius 3 is 2.10 bits per heavy atom. The molecule has 116 valence electrons. The van der Waals surface area contributed by atoms with E-state index >= 15 is 0 Å². The zero-order chi connectivity index (χ0) is 13.9. The summed E-state index contributed by atoms with van der Waals surface area (Å²) in [6, 6.07) is 1.73. The van der Waals surface area contributed by atoms with E-state index in [-0.39, 0.29) is 0 Å². The van der Waals surface area contributed by atoms with Crippen molar-refractivity contribution >= 4 is 0 Å². The molecule has 1 saturated heterocycles. The number of likely N-dealkylation sites (tertiary alicyclic amines) is 1. The number of nitrogens with one attached hydrogen (secondary N) is 1. The van der Waals surface area contributed by atoms with Gasteiger partial charge in [0, 0.05) is 12.1 Å². The molecule has 0 unspecified atom stereocenters. The molecular weight excluding hydrogens is 244 g/mol. The van der Waals surface area contributed by atoms with Crippen LogP contribution in [0.2, 0.25) is 0 Å². The monoisotopic (exact) mass is 278 g/mol. The van der Waals surface area contributed by atoms with Gasteiger partial charge in [0.2, 0.25) is 0 Å². The van der Waals surface area contributed by atoms with Gasteiger partial charge < -0.3 is 10.2 Å². The standard InChI is InChI=1S/C18H34N2/c1-14(2)16-5-7-18(8-6-16)20-11-9-17(10-12-20)19-13-15-3-4-15/h14-19H,3-13H2,1-2H3. The van der Waals surface area contributed by atoms with Crippen LogP contribution in [0.3, 0.4) is 0 Å². The Labute approximate surface area is 125 Å². The first kappa shape index (κ1) is 14.8. The van der Waals surface area contributed by atoms with Crippen molar-refractivity contribution in [1.82, 2.24) is 10.2 Å². The molecule has 2 saturated carbocycles. The van der Waals surface area contributed by atoms with Crippen molar-refractivity contribution in [2.24, 2.45) is 17.8 Å². The van der Waals surface area contributed by atoms with Crippen LogP contribution < -0.4 is 5.32 Å². The molecule has 0 amide bonds. The molecule has 1 aliphatic heterocycles. The zero-order valence-corrected chi connectivity index (χ0v) is 13.6. The van der Waals surface area contributed by atoms with Crippen LogP contribution in [0.15, 0.2) is 0 Å². The summed E-state index contributed by atoms with van der Waals surface area (Å²) in [4.78, 5) is 2.81. The molecule has 2 heteroatoms. The Balaban J connectivity index is 1.35. The third kappa shape index (κ3) is 3.98. The molecule has 2 nitrogen and oxygen atoms in total. The maximum absolute atomic E-state index is 3.80. The first-order chi connectivity index (χ1) is 9.72. The highest BCUT2D eigenvalue weighted by Gasteiger charge is 2.30. The third-order valence-electron chi connectivity index (χ3n) is 6.12. The van der Waals surface area contributed by atoms with Crippen LogP contribution in [-0.2, 0) is 0 Å². The smallest absolute Gasteiger partial charge is 0.00954 e. The van der Waals surface area contributed by atoms with E-state index in [1.54, 1.807) is 0 Å². The summed E-state index contributed by atoms with van der Waals surface area (Å²) < 4.78 is 0. The fraction of sp³-hybridized carbons (Fsp3) is 1.00. The van der Waals surface area contributed by atoms with E-state index in [0.29, 0.717) is 0 Å². The summed E-state index contributed by atoms with van der Waals surface area (Å²) in [5.74, 6) is 2.93. The fourth-order valence-corrected chi connectivity index (χ4v) is 4.26. The molecule has 0 spiro atoms. The number of hydrogen-bond acceptors (Lipinski definition) is 2. The Morgan fingerprint density at radius 2 is 1.55 bits per heavy atom. The molecule has 0 bridgehead atoms. The van der Waals surface area contributed by atoms with Gasteiger partial charge in [-0.25, -0.2) is 0 Å². The number of rotatable bonds is 5. The molecule has 2 aliphatic carbocycles. The van der Waals surface area contributed by atoms with E-state index in [2.05, 4.69) is 24.1 Å². The minimum atomic E-state index is 0.818. The van der Waals surface area contributed by atoms with Crippen LogP contribution in [0.5, 0.6) is 0 Å². The molecule has 0 aromatic carbocycles. The second-order valence-electron chi connectivity index (χ2n) is 7.97. The molecular formula is C18H34N2. The molecule has 0 aromatic rings. The largest absolute Gasteiger partial charge is 0.314 e. The highest BCUT2D eigenvalue weighted by Crippen LogP contribution is 2.33. The predicted molar refractivity (Wildman–Crippen MR) is 85.9 cm³/mol. The van der Waals surface area contributed by atoms with Gasteiger partial charge in [0.15, 0.2) is 0 Å². The van der Waals surface area contributed by atoms with Crippen molar-refractivity contribution in [1.29, 1.82) is 0 Å². The maximum Gasteiger partial charge on any atom is 0.00954 e. The van der Waals surface area contributed by atoms with Crippen LogP contribution in [0.4, 0.5) is 0 Å². The lowest BCUT2D eigenvalue weighted by Gasteiger charge is -2.41. The van der Waals surface area contributed by atoms with Gasteiger partial charge in [-0.1, -0.05) is 13.8 Å². The molecule has 3 rings (SSSR count). The average molecular weight is 278 g/mol. The second kappa shape index (κ2) is 6.79. The molecule has 1 heterocycles. The van der Waals surface area contributed by atoms with Gasteiger partial charge in [-0.3, -0.25) is 0 Å². The van der Waals surface area contributed by atoms with Crippen molar-refractivity contribution in [2.45, 2.75) is 77.3 Å². The minimum Gasteiger partial charge on any atom is -0.314 e. The lowest BCUT2D eigenvalue weighted by Crippen LogP contribution is -2.48. The summed E-state index contributed by atoms with van der Waals surface area (Å²) in [5, 5.41) is 3.80. The Bertz CT molecular complexity index is 282. The van der Waals surface area contributed by atoms with Crippen molar-refractivity contribution in [3.63, 3.8) is 0 Å². The van der Waals surface area contributed by atoms with E-state index in [9.17, 15) is 0 Å². The molecule has 0 aromatic heterocycles. The van der Waals surface area contributed by atoms with Gasteiger partial charge in [0.05, 0.1) is 0 Å². The van der Waals surface area contributed by atoms with Gasteiger partial charge in [-0.15, -0.1) is 0 Å². The van der Waals surface area contributed by atoms with Crippen molar-refractivity contribution in [2.75, 3.05) is 19.6 Å². The van der Waals surface area contributed by atoms with Crippen molar-refractivity contribution in [3.8, 4) is 0 Å². The zero-order valence-electron chi connectivity index (χ0n) is 13.6. The van der Waals surface area contributed by atoms with Crippen molar-refractivity contribution in [3.05, 3.63) is 0 Å². The normalized spacial score (nSPS) is 33.8. The second-order valence-corrected chi connectivity index (χ2v) is 7.97. The predicted octanol–water partition coefficient (Wildman–Crippen LogP) is 3.67. The summed E-state index contributed by atoms with van der Waals surface area (Å²) in [6.07, 6.45) is 11.6. The molecule has 0 radical (unpaired) electrons. The fourth-order valence-electron chi connectivity index (χ4n) is 4.26. The number of nitrogens with zero attached hydrogens (tertiary/aromatic N) is 1. The van der Waals surface area contributed by atoms with Gasteiger partial charge >= 0.3 is 0 Å². The molecule has 0 atom stereocenters. The first-order valence-electron chi connectivity index (χ1n) is 9.20. The summed E-state index contributed by atoms with van der Waals surface area (Å²) in [5.41, 5.74) is 0. The average Bonchev–Trinajstić information content (AvgIpc) is 3.30. The molecule has 20 heavy (non-hydrogen) atoms. The van der Waals surface area contributed by atoms with E-state index < -0.39 is 0 Å². The minimum absolute atomic E-state index is 0.818. The van der Waals surface area contributed by atoms with E-state index in [1.165, 1.54) is 71.0 Å². The Kier molecular flexibility index (Phi) is 5.04. The van der Waals surface area contributed by atoms with Crippen LogP contribution in [0.25, 0.3) is 0 Å². The van der Waals surface area contributed by atoms with Gasteiger partial charge in [-0.05, 0) is 88.8 Å². The number of piperidine rings is 1. The van der Waals surface area contributed by atoms with Crippen LogP contribution in [0.1, 0.15) is 65.2 Å². The third-order valence-corrected chi connectivity index (χ3v) is 6.12. The molecule has 3 fully saturated rings. The van der Waals surface area contributed by atoms with Gasteiger partial charge in [0.1, 0.15) is 0 Å². The molecule has 1 N–H and O–H groups in total. The van der Waals surface area contributed by atoms with Gasteiger partial charge in [0.25, 0.3) is 0 Å². The first-order valence-corrected chi connectivity index (χ1v) is 9.20. The van der Waals surface area contributed by atoms with Crippen molar-refractivity contribution < 1.29 is 0 Å². The quantitative estimate of drug-likeness (QED) is 0.825. The summed E-state index contributed by atoms with van der Waals surface area (Å²) >= 11 is 0. The topological polar surface area (TPSA) is 15.3 Å². The molecule has 3 aliphatic rings. The lowest BCUT2D eigenvalue weighted by molar-refractivity contribution is 0.0936. The van der Waals surface area contributed by atoms with E-state index in [1.807, 2.05) is 0 Å². The van der Waals surface area contributed by atoms with Crippen LogP contribution in [-0.4, -0.2) is 36.6 Å². The van der Waals surface area contributed by atoms with Crippen LogP contribution >= 0.6 is 0 Å². The highest BCUT2D eigenvalue weighted by atomic mass is 15.2. The summed E-state index contributed by atoms with van der Waals surface area (Å²) in [7, 11) is 0. The van der Waals surface area contributed by atoms with E-state index in [0.717, 1.165) is 29.8 Å². The summed E-state index contributed by atoms with van der Waals surface area (Å²) in [6.45, 7) is 8.80. The highest BCUT2D eigenvalue weighted by molar-refractivity contribution is 4.86. The lowest BCUT2D eigenvalue weighted by atomic mass is 9.79.